The fourth-order valence-corrected chi connectivity index (χ4v) is 3.38. The van der Waals surface area contributed by atoms with Gasteiger partial charge in [-0.1, -0.05) is 6.42 Å². The Morgan fingerprint density at radius 3 is 2.65 bits per heavy atom. The van der Waals surface area contributed by atoms with Gasteiger partial charge in [-0.05, 0) is 12.8 Å². The van der Waals surface area contributed by atoms with E-state index in [-0.39, 0.29) is 43.2 Å². The van der Waals surface area contributed by atoms with Gasteiger partial charge in [0.15, 0.2) is 0 Å². The molecular weight excluding hydrogens is 352 g/mol. The summed E-state index contributed by atoms with van der Waals surface area (Å²) in [6, 6.07) is -1.56. The van der Waals surface area contributed by atoms with E-state index in [4.69, 9.17) is 15.6 Å². The highest BCUT2D eigenvalue weighted by atomic mass is 19.3. The normalized spacial score (nSPS) is 24.2. The number of nitrogens with one attached hydrogen (secondary N) is 1. The van der Waals surface area contributed by atoms with Crippen LogP contribution in [0.5, 0.6) is 0 Å². The minimum Gasteiger partial charge on any atom is -0.483 e. The molecule has 0 radical (unpaired) electrons. The number of aliphatic hydroxyl groups excluding tert-OH is 1. The molecule has 0 aromatic carbocycles. The first kappa shape index (κ1) is 19.8. The third-order valence-electron chi connectivity index (χ3n) is 4.43. The highest BCUT2D eigenvalue weighted by molar-refractivity contribution is 6.02. The highest BCUT2D eigenvalue weighted by Crippen LogP contribution is 2.40. The fourth-order valence-electron chi connectivity index (χ4n) is 3.38. The summed E-state index contributed by atoms with van der Waals surface area (Å²) in [5.74, 6) is -3.57. The van der Waals surface area contributed by atoms with E-state index in [9.17, 15) is 18.7 Å². The van der Waals surface area contributed by atoms with Gasteiger partial charge in [-0.2, -0.15) is 4.98 Å². The van der Waals surface area contributed by atoms with E-state index in [0.717, 1.165) is 4.90 Å². The lowest BCUT2D eigenvalue weighted by molar-refractivity contribution is -0.122. The van der Waals surface area contributed by atoms with Crippen LogP contribution >= 0.6 is 0 Å². The Bertz CT molecular complexity index is 688. The van der Waals surface area contributed by atoms with Crippen molar-refractivity contribution in [2.75, 3.05) is 18.1 Å². The maximum atomic E-state index is 14.5. The molecule has 2 heterocycles. The molecule has 3 rings (SSSR count). The van der Waals surface area contributed by atoms with E-state index in [0.29, 0.717) is 18.5 Å². The number of amides is 1. The lowest BCUT2D eigenvalue weighted by Gasteiger charge is -2.35. The summed E-state index contributed by atoms with van der Waals surface area (Å²) in [5, 5.41) is 19.8. The zero-order valence-electron chi connectivity index (χ0n) is 14.2. The molecule has 0 spiro atoms. The molecule has 1 aliphatic heterocycles. The minimum absolute atomic E-state index is 0.0316. The van der Waals surface area contributed by atoms with Crippen molar-refractivity contribution in [3.63, 3.8) is 0 Å². The van der Waals surface area contributed by atoms with Crippen LogP contribution in [0.25, 0.3) is 0 Å². The van der Waals surface area contributed by atoms with Crippen molar-refractivity contribution in [2.24, 2.45) is 0 Å². The molecule has 2 atom stereocenters. The Hall–Kier alpha value is -2.56. The molecule has 0 unspecified atom stereocenters. The Labute approximate surface area is 148 Å². The molecule has 1 amide bonds. The third kappa shape index (κ3) is 3.66. The molecule has 26 heavy (non-hydrogen) atoms. The van der Waals surface area contributed by atoms with E-state index in [2.05, 4.69) is 15.3 Å². The maximum Gasteiger partial charge on any atom is 0.290 e. The quantitative estimate of drug-likeness (QED) is 0.438. The van der Waals surface area contributed by atoms with Crippen LogP contribution in [-0.4, -0.2) is 62.6 Å². The minimum atomic E-state index is -3.15. The van der Waals surface area contributed by atoms with E-state index in [1.807, 2.05) is 0 Å². The van der Waals surface area contributed by atoms with Crippen molar-refractivity contribution >= 4 is 24.1 Å². The Kier molecular flexibility index (Phi) is 5.90. The second kappa shape index (κ2) is 7.77. The number of rotatable bonds is 2. The van der Waals surface area contributed by atoms with Crippen molar-refractivity contribution in [2.45, 2.75) is 50.3 Å². The molecule has 9 nitrogen and oxygen atoms in total. The van der Waals surface area contributed by atoms with Gasteiger partial charge in [-0.3, -0.25) is 9.59 Å². The fraction of sp³-hybridized carbons (Fsp3) is 0.600. The lowest BCUT2D eigenvalue weighted by Crippen LogP contribution is -2.53. The van der Waals surface area contributed by atoms with Gasteiger partial charge >= 0.3 is 0 Å². The monoisotopic (exact) mass is 373 g/mol. The first-order chi connectivity index (χ1) is 12.3. The van der Waals surface area contributed by atoms with Crippen molar-refractivity contribution in [3.05, 3.63) is 11.3 Å². The second-order valence-electron chi connectivity index (χ2n) is 6.06. The van der Waals surface area contributed by atoms with Crippen molar-refractivity contribution in [1.82, 2.24) is 14.9 Å². The first-order valence-electron chi connectivity index (χ1n) is 8.05. The molecular formula is C15H21F2N5O4. The molecule has 1 aromatic heterocycles. The summed E-state index contributed by atoms with van der Waals surface area (Å²) in [5.41, 5.74) is 6.04. The molecule has 144 valence electrons. The molecule has 0 saturated heterocycles. The van der Waals surface area contributed by atoms with Gasteiger partial charge in [0.2, 0.25) is 5.95 Å². The molecule has 1 saturated carbocycles. The smallest absolute Gasteiger partial charge is 0.290 e. The number of nitrogen functional groups attached to an aromatic ring is 1. The van der Waals surface area contributed by atoms with Crippen LogP contribution in [0.2, 0.25) is 0 Å². The highest BCUT2D eigenvalue weighted by Gasteiger charge is 2.52. The van der Waals surface area contributed by atoms with Gasteiger partial charge in [-0.25, -0.2) is 13.8 Å². The molecule has 0 bridgehead atoms. The molecule has 5 N–H and O–H groups in total. The first-order valence-corrected chi connectivity index (χ1v) is 8.05. The summed E-state index contributed by atoms with van der Waals surface area (Å²) in [4.78, 5) is 29.9. The Balaban J connectivity index is 0.000000758. The van der Waals surface area contributed by atoms with Crippen LogP contribution < -0.4 is 11.1 Å². The number of carbonyl (C=O) groups is 2. The predicted octanol–water partition coefficient (Wildman–Crippen LogP) is 0.696. The predicted molar refractivity (Wildman–Crippen MR) is 87.8 cm³/mol. The summed E-state index contributed by atoms with van der Waals surface area (Å²) >= 11 is 0. The van der Waals surface area contributed by atoms with Crippen molar-refractivity contribution in [3.8, 4) is 0 Å². The number of anilines is 2. The van der Waals surface area contributed by atoms with E-state index < -0.39 is 24.0 Å². The zero-order chi connectivity index (χ0) is 19.5. The number of aromatic nitrogens is 2. The summed E-state index contributed by atoms with van der Waals surface area (Å²) in [6.45, 7) is -0.354. The molecule has 11 heteroatoms. The topological polar surface area (TPSA) is 142 Å². The Morgan fingerprint density at radius 2 is 2.04 bits per heavy atom. The lowest BCUT2D eigenvalue weighted by atomic mass is 10.0. The number of alkyl halides is 2. The van der Waals surface area contributed by atoms with E-state index in [1.54, 1.807) is 7.05 Å². The van der Waals surface area contributed by atoms with Crippen LogP contribution in [0.4, 0.5) is 20.5 Å². The van der Waals surface area contributed by atoms with Gasteiger partial charge in [0.1, 0.15) is 17.4 Å². The SMILES string of the molecule is CNc1nc(N)nc2c1C(=O)N([C@H]1[C@@H](O)CCCCC1(F)F)C2.O=CO. The Morgan fingerprint density at radius 1 is 1.38 bits per heavy atom. The maximum absolute atomic E-state index is 14.5. The van der Waals surface area contributed by atoms with Gasteiger partial charge in [0, 0.05) is 13.5 Å². The van der Waals surface area contributed by atoms with Crippen LogP contribution in [0, 0.1) is 0 Å². The summed E-state index contributed by atoms with van der Waals surface area (Å²) < 4.78 is 28.9. The number of fused-ring (bicyclic) bond motifs is 1. The van der Waals surface area contributed by atoms with Crippen LogP contribution in [-0.2, 0) is 11.3 Å². The number of halogens is 2. The van der Waals surface area contributed by atoms with Crippen molar-refractivity contribution in [1.29, 1.82) is 0 Å². The third-order valence-corrected chi connectivity index (χ3v) is 4.43. The number of nitrogens with zero attached hydrogens (tertiary/aromatic N) is 3. The number of carbonyl (C=O) groups excluding carboxylic acids is 1. The van der Waals surface area contributed by atoms with Crippen LogP contribution in [0.1, 0.15) is 41.7 Å². The van der Waals surface area contributed by atoms with Gasteiger partial charge in [0.05, 0.1) is 18.3 Å². The average Bonchev–Trinajstić information content (AvgIpc) is 2.80. The summed E-state index contributed by atoms with van der Waals surface area (Å²) in [7, 11) is 1.56. The van der Waals surface area contributed by atoms with Gasteiger partial charge in [0.25, 0.3) is 18.3 Å². The van der Waals surface area contributed by atoms with E-state index in [1.165, 1.54) is 0 Å². The van der Waals surface area contributed by atoms with Crippen molar-refractivity contribution < 1.29 is 28.6 Å². The number of hydrogen-bond donors (Lipinski definition) is 4. The molecule has 1 aromatic rings. The van der Waals surface area contributed by atoms with Crippen LogP contribution in [0.15, 0.2) is 0 Å². The number of nitrogens with two attached hydrogens (primary N) is 1. The molecule has 1 aliphatic carbocycles. The number of hydrogen-bond acceptors (Lipinski definition) is 7. The summed E-state index contributed by atoms with van der Waals surface area (Å²) in [6.07, 6.45) is -0.538. The molecule has 1 fully saturated rings. The van der Waals surface area contributed by atoms with Gasteiger partial charge in [-0.15, -0.1) is 0 Å². The second-order valence-corrected chi connectivity index (χ2v) is 6.06. The van der Waals surface area contributed by atoms with Gasteiger partial charge < -0.3 is 26.2 Å². The largest absolute Gasteiger partial charge is 0.483 e. The number of aliphatic hydroxyl groups is 1. The standard InChI is InChI=1S/C14H19F2N5O2.CH2O2/c1-18-11-9-7(19-13(17)20-11)6-21(12(9)23)10-8(22)4-2-3-5-14(10,15)16;2-1-3/h8,10,22H,2-6H2,1H3,(H3,17,18,19,20);1H,(H,2,3)/t8-,10-;/m0./s1. The van der Waals surface area contributed by atoms with Crippen LogP contribution in [0.3, 0.4) is 0 Å². The van der Waals surface area contributed by atoms with E-state index >= 15 is 0 Å². The number of carboxylic acid groups (broad SMARTS) is 1. The average molecular weight is 373 g/mol. The molecule has 2 aliphatic rings. The zero-order valence-corrected chi connectivity index (χ0v) is 14.2.